The van der Waals surface area contributed by atoms with Gasteiger partial charge in [0.25, 0.3) is 0 Å². The van der Waals surface area contributed by atoms with Crippen LogP contribution in [0.2, 0.25) is 0 Å². The van der Waals surface area contributed by atoms with Gasteiger partial charge in [-0.25, -0.2) is 4.79 Å². The number of nitrogens with zero attached hydrogens (tertiary/aromatic N) is 1. The van der Waals surface area contributed by atoms with Crippen LogP contribution in [0.5, 0.6) is 0 Å². The summed E-state index contributed by atoms with van der Waals surface area (Å²) in [5.74, 6) is -4.18. The average Bonchev–Trinajstić information content (AvgIpc) is 3.49. The molecular formula is C25H34N6O6. The Hall–Kier alpha value is -3.93. The number of nitrogens with one attached hydrogen (secondary N) is 3. The van der Waals surface area contributed by atoms with Crippen molar-refractivity contribution in [2.45, 2.75) is 63.7 Å². The molecule has 3 rings (SSSR count). The van der Waals surface area contributed by atoms with Crippen LogP contribution in [0.15, 0.2) is 30.5 Å². The Morgan fingerprint density at radius 1 is 1.11 bits per heavy atom. The number of hydrogen-bond donors (Lipinski definition) is 6. The number of aliphatic carboxylic acids is 1. The van der Waals surface area contributed by atoms with E-state index < -0.39 is 60.2 Å². The summed E-state index contributed by atoms with van der Waals surface area (Å²) in [5, 5.41) is 15.5. The van der Waals surface area contributed by atoms with Gasteiger partial charge in [-0.3, -0.25) is 19.2 Å². The Kier molecular flexibility index (Phi) is 8.87. The highest BCUT2D eigenvalue weighted by Gasteiger charge is 2.39. The van der Waals surface area contributed by atoms with Crippen LogP contribution in [-0.4, -0.2) is 75.3 Å². The number of carboxylic acid groups (broad SMARTS) is 1. The number of nitrogens with two attached hydrogens (primary N) is 2. The number of carboxylic acids is 1. The number of carbonyl (C=O) groups excluding carboxylic acids is 4. The summed E-state index contributed by atoms with van der Waals surface area (Å²) in [7, 11) is 0. The van der Waals surface area contributed by atoms with Gasteiger partial charge in [-0.05, 0) is 30.4 Å². The fourth-order valence-corrected chi connectivity index (χ4v) is 4.46. The largest absolute Gasteiger partial charge is 0.480 e. The summed E-state index contributed by atoms with van der Waals surface area (Å²) >= 11 is 0. The standard InChI is InChI=1S/C25H34N6O6/c1-13(2)21(27)23(34)29-17(11-20(26)32)22(33)30-18(24(35)31-9-5-8-19(31)25(36)37)10-14-12-28-16-7-4-3-6-15(14)16/h3-4,6-7,12-13,17-19,21,28H,5,8-11,27H2,1-2H3,(H2,26,32)(H,29,34)(H,30,33)(H,36,37). The quantitative estimate of drug-likeness (QED) is 0.234. The first-order chi connectivity index (χ1) is 17.5. The molecule has 1 aliphatic heterocycles. The molecule has 4 atom stereocenters. The molecule has 4 unspecified atom stereocenters. The number of rotatable bonds is 11. The average molecular weight is 515 g/mol. The molecule has 0 saturated carbocycles. The van der Waals surface area contributed by atoms with Gasteiger partial charge in [0, 0.05) is 30.1 Å². The van der Waals surface area contributed by atoms with E-state index in [0.29, 0.717) is 12.8 Å². The molecule has 0 aliphatic carbocycles. The van der Waals surface area contributed by atoms with Crippen LogP contribution >= 0.6 is 0 Å². The molecule has 1 saturated heterocycles. The van der Waals surface area contributed by atoms with E-state index in [0.717, 1.165) is 16.5 Å². The summed E-state index contributed by atoms with van der Waals surface area (Å²) in [5.41, 5.74) is 12.8. The number of para-hydroxylation sites is 1. The highest BCUT2D eigenvalue weighted by Crippen LogP contribution is 2.23. The van der Waals surface area contributed by atoms with Gasteiger partial charge in [0.05, 0.1) is 12.5 Å². The second-order valence-corrected chi connectivity index (χ2v) is 9.65. The third-order valence-electron chi connectivity index (χ3n) is 6.59. The molecule has 0 radical (unpaired) electrons. The Morgan fingerprint density at radius 2 is 1.78 bits per heavy atom. The second-order valence-electron chi connectivity index (χ2n) is 9.65. The summed E-state index contributed by atoms with van der Waals surface area (Å²) in [6.07, 6.45) is 2.10. The van der Waals surface area contributed by atoms with Gasteiger partial charge < -0.3 is 37.1 Å². The van der Waals surface area contributed by atoms with Crippen LogP contribution < -0.4 is 22.1 Å². The maximum atomic E-state index is 13.6. The number of hydrogen-bond acceptors (Lipinski definition) is 6. The van der Waals surface area contributed by atoms with Gasteiger partial charge in [-0.2, -0.15) is 0 Å². The maximum Gasteiger partial charge on any atom is 0.326 e. The van der Waals surface area contributed by atoms with Crippen molar-refractivity contribution in [3.8, 4) is 0 Å². The molecule has 0 bridgehead atoms. The molecule has 1 aliphatic rings. The van der Waals surface area contributed by atoms with Crippen molar-refractivity contribution < 1.29 is 29.1 Å². The zero-order valence-corrected chi connectivity index (χ0v) is 20.9. The van der Waals surface area contributed by atoms with Crippen LogP contribution in [0.1, 0.15) is 38.7 Å². The zero-order chi connectivity index (χ0) is 27.3. The molecule has 12 nitrogen and oxygen atoms in total. The minimum absolute atomic E-state index is 0.0557. The van der Waals surface area contributed by atoms with Gasteiger partial charge in [0.1, 0.15) is 18.1 Å². The van der Waals surface area contributed by atoms with Crippen LogP contribution in [0.25, 0.3) is 10.9 Å². The van der Waals surface area contributed by atoms with E-state index in [-0.39, 0.29) is 18.9 Å². The summed E-state index contributed by atoms with van der Waals surface area (Å²) in [4.78, 5) is 67.1. The number of primary amides is 1. The van der Waals surface area contributed by atoms with Crippen molar-refractivity contribution in [1.29, 1.82) is 0 Å². The first-order valence-electron chi connectivity index (χ1n) is 12.2. The van der Waals surface area contributed by atoms with E-state index in [1.165, 1.54) is 4.90 Å². The predicted octanol–water partition coefficient (Wildman–Crippen LogP) is -0.386. The Bertz CT molecular complexity index is 1180. The monoisotopic (exact) mass is 514 g/mol. The lowest BCUT2D eigenvalue weighted by Gasteiger charge is -2.29. The number of likely N-dealkylation sites (tertiary alicyclic amines) is 1. The lowest BCUT2D eigenvalue weighted by molar-refractivity contribution is -0.149. The molecule has 2 aromatic rings. The van der Waals surface area contributed by atoms with Crippen molar-refractivity contribution >= 4 is 40.5 Å². The molecule has 0 spiro atoms. The third kappa shape index (κ3) is 6.64. The molecule has 37 heavy (non-hydrogen) atoms. The van der Waals surface area contributed by atoms with Crippen molar-refractivity contribution in [3.05, 3.63) is 36.0 Å². The van der Waals surface area contributed by atoms with Crippen LogP contribution in [0.3, 0.4) is 0 Å². The third-order valence-corrected chi connectivity index (χ3v) is 6.59. The smallest absolute Gasteiger partial charge is 0.326 e. The van der Waals surface area contributed by atoms with Crippen molar-refractivity contribution in [1.82, 2.24) is 20.5 Å². The number of benzene rings is 1. The number of H-pyrrole nitrogens is 1. The fourth-order valence-electron chi connectivity index (χ4n) is 4.46. The van der Waals surface area contributed by atoms with Gasteiger partial charge in [0.15, 0.2) is 0 Å². The molecular weight excluding hydrogens is 480 g/mol. The van der Waals surface area contributed by atoms with Gasteiger partial charge in [0.2, 0.25) is 23.6 Å². The van der Waals surface area contributed by atoms with Crippen molar-refractivity contribution in [2.24, 2.45) is 17.4 Å². The lowest BCUT2D eigenvalue weighted by Crippen LogP contribution is -2.58. The number of carbonyl (C=O) groups is 5. The van der Waals surface area contributed by atoms with Crippen LogP contribution in [0, 0.1) is 5.92 Å². The Labute approximate surface area is 214 Å². The van der Waals surface area contributed by atoms with E-state index in [2.05, 4.69) is 15.6 Å². The Balaban J connectivity index is 1.89. The molecule has 1 aromatic heterocycles. The SMILES string of the molecule is CC(C)C(N)C(=O)NC(CC(N)=O)C(=O)NC(Cc1c[nH]c2ccccc12)C(=O)N1CCCC1C(=O)O. The van der Waals surface area contributed by atoms with Gasteiger partial charge in [-0.15, -0.1) is 0 Å². The molecule has 200 valence electrons. The summed E-state index contributed by atoms with van der Waals surface area (Å²) < 4.78 is 0. The first kappa shape index (κ1) is 27.7. The topological polar surface area (TPSA) is 201 Å². The number of fused-ring (bicyclic) bond motifs is 1. The normalized spacial score (nSPS) is 17.8. The molecule has 8 N–H and O–H groups in total. The minimum atomic E-state index is -1.36. The minimum Gasteiger partial charge on any atom is -0.480 e. The number of aromatic amines is 1. The zero-order valence-electron chi connectivity index (χ0n) is 20.9. The maximum absolute atomic E-state index is 13.6. The van der Waals surface area contributed by atoms with Gasteiger partial charge >= 0.3 is 5.97 Å². The van der Waals surface area contributed by atoms with E-state index in [1.807, 2.05) is 24.3 Å². The second kappa shape index (κ2) is 11.9. The van der Waals surface area contributed by atoms with E-state index in [9.17, 15) is 29.1 Å². The predicted molar refractivity (Wildman–Crippen MR) is 135 cm³/mol. The Morgan fingerprint density at radius 3 is 2.43 bits per heavy atom. The molecule has 12 heteroatoms. The van der Waals surface area contributed by atoms with E-state index >= 15 is 0 Å². The molecule has 4 amide bonds. The fraction of sp³-hybridized carbons (Fsp3) is 0.480. The summed E-state index contributed by atoms with van der Waals surface area (Å²) in [6, 6.07) is 2.99. The first-order valence-corrected chi connectivity index (χ1v) is 12.2. The van der Waals surface area contributed by atoms with Crippen molar-refractivity contribution in [3.63, 3.8) is 0 Å². The van der Waals surface area contributed by atoms with Gasteiger partial charge in [-0.1, -0.05) is 32.0 Å². The number of amides is 4. The molecule has 2 heterocycles. The lowest BCUT2D eigenvalue weighted by atomic mass is 10.0. The van der Waals surface area contributed by atoms with Crippen LogP contribution in [0.4, 0.5) is 0 Å². The van der Waals surface area contributed by atoms with E-state index in [4.69, 9.17) is 11.5 Å². The van der Waals surface area contributed by atoms with Crippen molar-refractivity contribution in [2.75, 3.05) is 6.54 Å². The molecule has 1 aromatic carbocycles. The molecule has 1 fully saturated rings. The number of aromatic nitrogens is 1. The highest BCUT2D eigenvalue weighted by molar-refractivity contribution is 5.96. The van der Waals surface area contributed by atoms with E-state index in [1.54, 1.807) is 20.0 Å². The van der Waals surface area contributed by atoms with Crippen LogP contribution in [-0.2, 0) is 30.4 Å². The summed E-state index contributed by atoms with van der Waals surface area (Å²) in [6.45, 7) is 3.71. The highest BCUT2D eigenvalue weighted by atomic mass is 16.4.